The number of thiol groups is 1. The fraction of sp³-hybridized carbons (Fsp3) is 0.429. The summed E-state index contributed by atoms with van der Waals surface area (Å²) in [6.07, 6.45) is 4.09. The van der Waals surface area contributed by atoms with Crippen molar-refractivity contribution in [2.75, 3.05) is 5.75 Å². The normalized spacial score (nSPS) is 22.2. The van der Waals surface area contributed by atoms with Crippen molar-refractivity contribution in [3.05, 3.63) is 59.7 Å². The van der Waals surface area contributed by atoms with E-state index >= 15 is 0 Å². The molecule has 0 saturated heterocycles. The first kappa shape index (κ1) is 19.8. The molecule has 0 bridgehead atoms. The number of aromatic hydroxyl groups is 1. The molecule has 3 nitrogen and oxygen atoms in total. The standard InChI is InChI=1S/C21H28INO2S/c1-3-12-21(13-4-2)15-26(22,25)19-14-17(24)10-11-18(19)20(23-21)16-8-6-5-7-9-16/h5-11,14,20,23-24,26H,3-4,12-13,15H2,1-2H3. The first-order chi connectivity index (χ1) is 12.4. The highest BCUT2D eigenvalue weighted by Crippen LogP contribution is 2.44. The predicted octanol–water partition coefficient (Wildman–Crippen LogP) is 5.15. The van der Waals surface area contributed by atoms with Crippen molar-refractivity contribution in [1.29, 1.82) is 0 Å². The molecule has 2 aromatic rings. The quantitative estimate of drug-likeness (QED) is 0.312. The number of hydrogen-bond donors (Lipinski definition) is 3. The highest BCUT2D eigenvalue weighted by molar-refractivity contribution is 14.2. The second kappa shape index (κ2) is 7.98. The zero-order valence-electron chi connectivity index (χ0n) is 15.4. The highest BCUT2D eigenvalue weighted by atomic mass is 127. The lowest BCUT2D eigenvalue weighted by atomic mass is 9.87. The summed E-state index contributed by atoms with van der Waals surface area (Å²) < 4.78 is 13.8. The van der Waals surface area contributed by atoms with Crippen molar-refractivity contribution in [3.8, 4) is 5.75 Å². The maximum absolute atomic E-state index is 13.8. The van der Waals surface area contributed by atoms with E-state index in [-0.39, 0.29) is 17.3 Å². The van der Waals surface area contributed by atoms with Crippen LogP contribution in [0.2, 0.25) is 0 Å². The van der Waals surface area contributed by atoms with Gasteiger partial charge in [0.05, 0.1) is 6.04 Å². The fourth-order valence-electron chi connectivity index (χ4n) is 4.26. The molecule has 2 aromatic carbocycles. The second-order valence-electron chi connectivity index (χ2n) is 7.32. The fourth-order valence-corrected chi connectivity index (χ4v) is 9.75. The molecule has 0 fully saturated rings. The van der Waals surface area contributed by atoms with Gasteiger partial charge >= 0.3 is 0 Å². The van der Waals surface area contributed by atoms with E-state index in [1.165, 1.54) is 5.56 Å². The molecule has 1 unspecified atom stereocenters. The third-order valence-electron chi connectivity index (χ3n) is 5.23. The van der Waals surface area contributed by atoms with Crippen molar-refractivity contribution in [2.45, 2.75) is 56.0 Å². The molecule has 0 spiro atoms. The zero-order chi connectivity index (χ0) is 18.8. The Hall–Kier alpha value is -0.920. The largest absolute Gasteiger partial charge is 0.508 e. The van der Waals surface area contributed by atoms with Gasteiger partial charge in [-0.15, -0.1) is 0 Å². The summed E-state index contributed by atoms with van der Waals surface area (Å²) in [6.45, 7) is 4.39. The van der Waals surface area contributed by atoms with Crippen LogP contribution < -0.4 is 5.32 Å². The summed E-state index contributed by atoms with van der Waals surface area (Å²) in [5, 5.41) is 14.0. The van der Waals surface area contributed by atoms with Crippen LogP contribution in [0.25, 0.3) is 0 Å². The zero-order valence-corrected chi connectivity index (χ0v) is 18.5. The van der Waals surface area contributed by atoms with Crippen molar-refractivity contribution < 1.29 is 9.32 Å². The van der Waals surface area contributed by atoms with Gasteiger partial charge in [-0.1, -0.05) is 63.1 Å². The second-order valence-corrected chi connectivity index (χ2v) is 14.1. The molecule has 2 N–H and O–H groups in total. The van der Waals surface area contributed by atoms with Crippen LogP contribution >= 0.6 is 21.2 Å². The maximum Gasteiger partial charge on any atom is 0.116 e. The Morgan fingerprint density at radius 2 is 1.81 bits per heavy atom. The average Bonchev–Trinajstić information content (AvgIpc) is 2.69. The number of rotatable bonds is 5. The van der Waals surface area contributed by atoms with E-state index in [1.54, 1.807) is 12.1 Å². The molecule has 3 rings (SSSR count). The number of hydrogen-bond acceptors (Lipinski definition) is 3. The summed E-state index contributed by atoms with van der Waals surface area (Å²) >= 11 is 2.16. The molecule has 1 aliphatic rings. The van der Waals surface area contributed by atoms with Gasteiger partial charge in [0.15, 0.2) is 0 Å². The Morgan fingerprint density at radius 3 is 2.42 bits per heavy atom. The number of halogens is 1. The Labute approximate surface area is 169 Å². The van der Waals surface area contributed by atoms with Gasteiger partial charge in [0.1, 0.15) is 5.75 Å². The first-order valence-corrected chi connectivity index (χ1v) is 14.0. The lowest BCUT2D eigenvalue weighted by molar-refractivity contribution is 0.288. The minimum absolute atomic E-state index is 0.0181. The van der Waals surface area contributed by atoms with Gasteiger partial charge in [0, 0.05) is 37.4 Å². The van der Waals surface area contributed by atoms with Gasteiger partial charge < -0.3 is 5.11 Å². The topological polar surface area (TPSA) is 49.3 Å². The summed E-state index contributed by atoms with van der Waals surface area (Å²) in [5.41, 5.74) is 2.05. The van der Waals surface area contributed by atoms with E-state index in [0.29, 0.717) is 5.75 Å². The molecule has 0 amide bonds. The van der Waals surface area contributed by atoms with E-state index in [0.717, 1.165) is 36.1 Å². The summed E-state index contributed by atoms with van der Waals surface area (Å²) in [5.74, 6) is 0.813. The predicted molar refractivity (Wildman–Crippen MR) is 119 cm³/mol. The minimum Gasteiger partial charge on any atom is -0.508 e. The van der Waals surface area contributed by atoms with Crippen molar-refractivity contribution in [1.82, 2.24) is 5.32 Å². The lowest BCUT2D eigenvalue weighted by Crippen LogP contribution is -2.50. The number of nitrogens with one attached hydrogen (secondary N) is 1. The van der Waals surface area contributed by atoms with Crippen molar-refractivity contribution in [2.24, 2.45) is 0 Å². The first-order valence-electron chi connectivity index (χ1n) is 9.35. The molecule has 0 aromatic heterocycles. The number of phenolic OH excluding ortho intramolecular Hbond substituents is 1. The Morgan fingerprint density at radius 1 is 1.15 bits per heavy atom. The van der Waals surface area contributed by atoms with Gasteiger partial charge in [0.2, 0.25) is 0 Å². The van der Waals surface area contributed by atoms with Crippen molar-refractivity contribution in [3.63, 3.8) is 0 Å². The Balaban J connectivity index is 2.21. The van der Waals surface area contributed by atoms with Crippen LogP contribution in [0.5, 0.6) is 5.75 Å². The molecule has 1 atom stereocenters. The maximum atomic E-state index is 13.8. The van der Waals surface area contributed by atoms with E-state index in [4.69, 9.17) is 0 Å². The van der Waals surface area contributed by atoms with Crippen LogP contribution in [0, 0.1) is 0 Å². The Bertz CT molecular complexity index is 803. The number of benzene rings is 2. The van der Waals surface area contributed by atoms with E-state index in [9.17, 15) is 9.32 Å². The third kappa shape index (κ3) is 3.99. The molecule has 26 heavy (non-hydrogen) atoms. The molecule has 0 radical (unpaired) electrons. The molecule has 5 heteroatoms. The Kier molecular flexibility index (Phi) is 6.09. The average molecular weight is 485 g/mol. The molecular weight excluding hydrogens is 457 g/mol. The van der Waals surface area contributed by atoms with Gasteiger partial charge in [0.25, 0.3) is 0 Å². The van der Waals surface area contributed by atoms with Gasteiger partial charge in [-0.2, -0.15) is 0 Å². The SMILES string of the molecule is CCCC1(CCC)C[SH](=O)(I)c2cc(O)ccc2C(c2ccccc2)N1. The summed E-state index contributed by atoms with van der Waals surface area (Å²) in [4.78, 5) is 0.813. The molecule has 142 valence electrons. The molecular formula is C21H28INO2S. The summed E-state index contributed by atoms with van der Waals surface area (Å²) in [7, 11) is -2.64. The van der Waals surface area contributed by atoms with Crippen LogP contribution in [-0.4, -0.2) is 20.6 Å². The molecule has 0 aliphatic carbocycles. The summed E-state index contributed by atoms with van der Waals surface area (Å²) in [6, 6.07) is 15.7. The van der Waals surface area contributed by atoms with E-state index in [1.807, 2.05) is 24.3 Å². The number of phenols is 1. The monoisotopic (exact) mass is 485 g/mol. The van der Waals surface area contributed by atoms with E-state index in [2.05, 4.69) is 52.5 Å². The van der Waals surface area contributed by atoms with Crippen LogP contribution in [0.4, 0.5) is 0 Å². The van der Waals surface area contributed by atoms with Crippen LogP contribution in [0.15, 0.2) is 53.4 Å². The molecule has 0 saturated carbocycles. The van der Waals surface area contributed by atoms with Crippen LogP contribution in [0.1, 0.15) is 56.7 Å². The highest BCUT2D eigenvalue weighted by Gasteiger charge is 2.41. The van der Waals surface area contributed by atoms with Crippen LogP contribution in [-0.2, 0) is 7.10 Å². The van der Waals surface area contributed by atoms with Gasteiger partial charge in [-0.3, -0.25) is 9.53 Å². The lowest BCUT2D eigenvalue weighted by Gasteiger charge is -2.38. The minimum atomic E-state index is -2.64. The van der Waals surface area contributed by atoms with Crippen molar-refractivity contribution >= 4 is 28.3 Å². The molecule has 1 heterocycles. The van der Waals surface area contributed by atoms with Gasteiger partial charge in [-0.05, 0) is 43.2 Å². The smallest absolute Gasteiger partial charge is 0.116 e. The van der Waals surface area contributed by atoms with Gasteiger partial charge in [-0.25, -0.2) is 0 Å². The molecule has 1 aliphatic heterocycles. The van der Waals surface area contributed by atoms with Crippen LogP contribution in [0.3, 0.4) is 0 Å². The number of fused-ring (bicyclic) bond motifs is 1. The van der Waals surface area contributed by atoms with E-state index < -0.39 is 7.10 Å². The third-order valence-corrected chi connectivity index (χ3v) is 9.93.